The predicted molar refractivity (Wildman–Crippen MR) is 122 cm³/mol. The van der Waals surface area contributed by atoms with Gasteiger partial charge in [0.05, 0.1) is 23.6 Å². The van der Waals surface area contributed by atoms with Crippen LogP contribution in [0.3, 0.4) is 0 Å². The van der Waals surface area contributed by atoms with E-state index in [1.165, 1.54) is 0 Å². The Kier molecular flexibility index (Phi) is 5.80. The van der Waals surface area contributed by atoms with Crippen molar-refractivity contribution in [1.82, 2.24) is 14.9 Å². The number of amides is 1. The molecular weight excluding hydrogens is 417 g/mol. The number of rotatable bonds is 5. The van der Waals surface area contributed by atoms with Crippen molar-refractivity contribution in [1.29, 1.82) is 0 Å². The number of carbonyl (C=O) groups excluding carboxylic acids is 1. The maximum atomic E-state index is 12.9. The average molecular weight is 438 g/mol. The third kappa shape index (κ3) is 3.93. The van der Waals surface area contributed by atoms with Crippen LogP contribution >= 0.6 is 23.2 Å². The highest BCUT2D eigenvalue weighted by Crippen LogP contribution is 2.29. The molecule has 0 spiro atoms. The van der Waals surface area contributed by atoms with E-state index in [1.54, 1.807) is 0 Å². The minimum Gasteiger partial charge on any atom is -0.342 e. The molecule has 4 rings (SSSR count). The summed E-state index contributed by atoms with van der Waals surface area (Å²) in [5.41, 5.74) is 4.22. The summed E-state index contributed by atoms with van der Waals surface area (Å²) in [6, 6.07) is 20.6. The molecule has 4 aromatic rings. The summed E-state index contributed by atoms with van der Waals surface area (Å²) in [5.74, 6) is 0.615. The monoisotopic (exact) mass is 437 g/mol. The van der Waals surface area contributed by atoms with Gasteiger partial charge >= 0.3 is 0 Å². The molecule has 1 amide bonds. The van der Waals surface area contributed by atoms with Gasteiger partial charge in [-0.2, -0.15) is 0 Å². The highest BCUT2D eigenvalue weighted by Gasteiger charge is 2.21. The van der Waals surface area contributed by atoms with Crippen molar-refractivity contribution < 1.29 is 4.79 Å². The summed E-state index contributed by atoms with van der Waals surface area (Å²) in [6.45, 7) is 4.31. The molecule has 1 unspecified atom stereocenters. The van der Waals surface area contributed by atoms with Crippen LogP contribution in [-0.2, 0) is 6.54 Å². The minimum absolute atomic E-state index is 0.130. The zero-order valence-electron chi connectivity index (χ0n) is 16.7. The smallest absolute Gasteiger partial charge is 0.252 e. The Bertz CT molecular complexity index is 1210. The molecule has 0 aliphatic heterocycles. The first kappa shape index (κ1) is 20.5. The quantitative estimate of drug-likeness (QED) is 0.404. The molecule has 1 atom stereocenters. The maximum Gasteiger partial charge on any atom is 0.252 e. The first-order chi connectivity index (χ1) is 14.5. The lowest BCUT2D eigenvalue weighted by atomic mass is 10.1. The predicted octanol–water partition coefficient (Wildman–Crippen LogP) is 6.19. The van der Waals surface area contributed by atoms with Crippen molar-refractivity contribution in [3.05, 3.63) is 99.3 Å². The van der Waals surface area contributed by atoms with E-state index in [0.29, 0.717) is 22.2 Å². The topological polar surface area (TPSA) is 46.9 Å². The van der Waals surface area contributed by atoms with Gasteiger partial charge in [-0.25, -0.2) is 4.98 Å². The molecular formula is C24H21Cl2N3O. The van der Waals surface area contributed by atoms with Gasteiger partial charge in [0.2, 0.25) is 0 Å². The molecule has 0 aliphatic rings. The number of halogens is 2. The molecule has 0 radical (unpaired) electrons. The van der Waals surface area contributed by atoms with Crippen LogP contribution in [0.5, 0.6) is 0 Å². The second-order valence-electron chi connectivity index (χ2n) is 7.26. The van der Waals surface area contributed by atoms with Gasteiger partial charge in [0.1, 0.15) is 5.82 Å². The van der Waals surface area contributed by atoms with Crippen LogP contribution in [0.1, 0.15) is 40.3 Å². The second kappa shape index (κ2) is 8.50. The van der Waals surface area contributed by atoms with E-state index in [9.17, 15) is 4.79 Å². The molecule has 0 aliphatic carbocycles. The van der Waals surface area contributed by atoms with E-state index in [2.05, 4.69) is 9.88 Å². The van der Waals surface area contributed by atoms with E-state index < -0.39 is 0 Å². The zero-order chi connectivity index (χ0) is 21.3. The van der Waals surface area contributed by atoms with Gasteiger partial charge in [0, 0.05) is 21.2 Å². The molecule has 0 saturated heterocycles. The van der Waals surface area contributed by atoms with Crippen LogP contribution in [0.4, 0.5) is 0 Å². The molecule has 1 heterocycles. The maximum absolute atomic E-state index is 12.9. The summed E-state index contributed by atoms with van der Waals surface area (Å²) in [4.78, 5) is 17.7. The highest BCUT2D eigenvalue weighted by atomic mass is 35.5. The highest BCUT2D eigenvalue weighted by molar-refractivity contribution is 6.36. The Morgan fingerprint density at radius 1 is 1.00 bits per heavy atom. The van der Waals surface area contributed by atoms with E-state index in [-0.39, 0.29) is 11.9 Å². The number of aryl methyl sites for hydroxylation is 1. The van der Waals surface area contributed by atoms with Gasteiger partial charge in [-0.15, -0.1) is 0 Å². The number of nitrogens with zero attached hydrogens (tertiary/aromatic N) is 2. The standard InChI is InChI=1S/C24H21Cl2N3O/c1-15-8-3-4-9-17(15)24(30)27-16(2)23-28-21-12-5-6-13-22(21)29(23)14-18-19(25)10-7-11-20(18)26/h3-13,16H,14H2,1-2H3,(H,27,30). The number of fused-ring (bicyclic) bond motifs is 1. The van der Waals surface area contributed by atoms with Crippen LogP contribution < -0.4 is 5.32 Å². The van der Waals surface area contributed by atoms with Crippen molar-refractivity contribution in [2.75, 3.05) is 0 Å². The lowest BCUT2D eigenvalue weighted by Gasteiger charge is -2.18. The number of aromatic nitrogens is 2. The second-order valence-corrected chi connectivity index (χ2v) is 8.07. The third-order valence-corrected chi connectivity index (χ3v) is 5.89. The largest absolute Gasteiger partial charge is 0.342 e. The fraction of sp³-hybridized carbons (Fsp3) is 0.167. The molecule has 1 aromatic heterocycles. The summed E-state index contributed by atoms with van der Waals surface area (Å²) < 4.78 is 2.06. The van der Waals surface area contributed by atoms with Crippen LogP contribution in [0.15, 0.2) is 66.7 Å². The summed E-state index contributed by atoms with van der Waals surface area (Å²) in [5, 5.41) is 4.28. The lowest BCUT2D eigenvalue weighted by molar-refractivity contribution is 0.0937. The van der Waals surface area contributed by atoms with Gasteiger partial charge in [-0.1, -0.05) is 59.6 Å². The molecule has 6 heteroatoms. The molecule has 152 valence electrons. The fourth-order valence-electron chi connectivity index (χ4n) is 3.60. The van der Waals surface area contributed by atoms with Crippen LogP contribution in [0.25, 0.3) is 11.0 Å². The van der Waals surface area contributed by atoms with Gasteiger partial charge in [0.15, 0.2) is 0 Å². The molecule has 0 bridgehead atoms. The minimum atomic E-state index is -0.314. The van der Waals surface area contributed by atoms with Crippen molar-refractivity contribution in [2.24, 2.45) is 0 Å². The third-order valence-electron chi connectivity index (χ3n) is 5.19. The number of nitrogens with one attached hydrogen (secondary N) is 1. The number of para-hydroxylation sites is 2. The first-order valence-corrected chi connectivity index (χ1v) is 10.5. The molecule has 3 aromatic carbocycles. The Balaban J connectivity index is 1.73. The van der Waals surface area contributed by atoms with Crippen molar-refractivity contribution >= 4 is 40.1 Å². The van der Waals surface area contributed by atoms with E-state index in [4.69, 9.17) is 28.2 Å². The van der Waals surface area contributed by atoms with Gasteiger partial charge in [-0.05, 0) is 49.7 Å². The van der Waals surface area contributed by atoms with Crippen molar-refractivity contribution in [3.63, 3.8) is 0 Å². The van der Waals surface area contributed by atoms with E-state index in [1.807, 2.05) is 80.6 Å². The van der Waals surface area contributed by atoms with Gasteiger partial charge in [0.25, 0.3) is 5.91 Å². The molecule has 30 heavy (non-hydrogen) atoms. The normalized spacial score (nSPS) is 12.1. The van der Waals surface area contributed by atoms with Crippen molar-refractivity contribution in [3.8, 4) is 0 Å². The zero-order valence-corrected chi connectivity index (χ0v) is 18.2. The fourth-order valence-corrected chi connectivity index (χ4v) is 4.12. The Morgan fingerprint density at radius 3 is 2.40 bits per heavy atom. The van der Waals surface area contributed by atoms with E-state index in [0.717, 1.165) is 28.0 Å². The van der Waals surface area contributed by atoms with Crippen LogP contribution in [-0.4, -0.2) is 15.5 Å². The SMILES string of the molecule is Cc1ccccc1C(=O)NC(C)c1nc2ccccc2n1Cc1c(Cl)cccc1Cl. The van der Waals surface area contributed by atoms with Gasteiger partial charge < -0.3 is 9.88 Å². The number of imidazole rings is 1. The number of benzene rings is 3. The molecule has 0 fully saturated rings. The summed E-state index contributed by atoms with van der Waals surface area (Å²) in [7, 11) is 0. The Hall–Kier alpha value is -2.82. The number of hydrogen-bond donors (Lipinski definition) is 1. The first-order valence-electron chi connectivity index (χ1n) is 9.70. The van der Waals surface area contributed by atoms with E-state index >= 15 is 0 Å². The number of carbonyl (C=O) groups is 1. The van der Waals surface area contributed by atoms with Gasteiger partial charge in [-0.3, -0.25) is 4.79 Å². The summed E-state index contributed by atoms with van der Waals surface area (Å²) >= 11 is 12.8. The Labute approximate surface area is 185 Å². The molecule has 4 nitrogen and oxygen atoms in total. The molecule has 0 saturated carbocycles. The van der Waals surface area contributed by atoms with Crippen LogP contribution in [0.2, 0.25) is 10.0 Å². The van der Waals surface area contributed by atoms with Crippen molar-refractivity contribution in [2.45, 2.75) is 26.4 Å². The Morgan fingerprint density at radius 2 is 1.67 bits per heavy atom. The summed E-state index contributed by atoms with van der Waals surface area (Å²) in [6.07, 6.45) is 0. The lowest BCUT2D eigenvalue weighted by Crippen LogP contribution is -2.29. The average Bonchev–Trinajstić information content (AvgIpc) is 3.10. The number of hydrogen-bond acceptors (Lipinski definition) is 2. The van der Waals surface area contributed by atoms with Crippen LogP contribution in [0, 0.1) is 6.92 Å². The molecule has 1 N–H and O–H groups in total.